The van der Waals surface area contributed by atoms with Gasteiger partial charge in [0.1, 0.15) is 0 Å². The van der Waals surface area contributed by atoms with Crippen molar-refractivity contribution in [1.82, 2.24) is 5.32 Å². The number of benzene rings is 1. The molecule has 0 unspecified atom stereocenters. The van der Waals surface area contributed by atoms with E-state index < -0.39 is 5.82 Å². The molecule has 0 aliphatic heterocycles. The summed E-state index contributed by atoms with van der Waals surface area (Å²) in [6, 6.07) is 4.14. The molecule has 0 spiro atoms. The summed E-state index contributed by atoms with van der Waals surface area (Å²) >= 11 is 0. The first kappa shape index (κ1) is 12.2. The quantitative estimate of drug-likeness (QED) is 0.768. The number of nitrogens with one attached hydrogen (secondary N) is 1. The molecule has 0 fully saturated rings. The van der Waals surface area contributed by atoms with Crippen molar-refractivity contribution >= 4 is 12.0 Å². The van der Waals surface area contributed by atoms with Crippen LogP contribution >= 0.6 is 0 Å². The molecule has 1 aromatic rings. The molecule has 0 aliphatic carbocycles. The number of rotatable bonds is 4. The largest absolute Gasteiger partial charge is 0.505 e. The number of halogens is 1. The minimum Gasteiger partial charge on any atom is -0.505 e. The lowest BCUT2D eigenvalue weighted by atomic mass is 10.2. The van der Waals surface area contributed by atoms with E-state index in [1.165, 1.54) is 19.1 Å². The molecule has 4 heteroatoms. The van der Waals surface area contributed by atoms with E-state index in [-0.39, 0.29) is 11.7 Å². The average Bonchev–Trinajstić information content (AvgIpc) is 2.22. The van der Waals surface area contributed by atoms with E-state index >= 15 is 0 Å². The summed E-state index contributed by atoms with van der Waals surface area (Å²) < 4.78 is 12.7. The molecule has 1 amide bonds. The van der Waals surface area contributed by atoms with Gasteiger partial charge < -0.3 is 10.4 Å². The van der Waals surface area contributed by atoms with Crippen molar-refractivity contribution in [1.29, 1.82) is 0 Å². The van der Waals surface area contributed by atoms with Gasteiger partial charge in [0.05, 0.1) is 0 Å². The van der Waals surface area contributed by atoms with Crippen LogP contribution in [-0.4, -0.2) is 17.6 Å². The highest BCUT2D eigenvalue weighted by Gasteiger charge is 1.98. The second-order valence-electron chi connectivity index (χ2n) is 3.38. The molecule has 0 aromatic heterocycles. The van der Waals surface area contributed by atoms with Crippen LogP contribution in [0.5, 0.6) is 5.75 Å². The maximum absolute atomic E-state index is 12.7. The van der Waals surface area contributed by atoms with E-state index in [0.717, 1.165) is 5.56 Å². The number of carbonyl (C=O) groups excluding carboxylic acids is 1. The van der Waals surface area contributed by atoms with E-state index in [4.69, 9.17) is 5.11 Å². The van der Waals surface area contributed by atoms with Crippen LogP contribution in [0, 0.1) is 5.82 Å². The van der Waals surface area contributed by atoms with Crippen LogP contribution in [-0.2, 0) is 4.79 Å². The summed E-state index contributed by atoms with van der Waals surface area (Å²) in [5.74, 6) is -1.05. The lowest BCUT2D eigenvalue weighted by molar-refractivity contribution is -0.118. The van der Waals surface area contributed by atoms with Crippen molar-refractivity contribution in [2.45, 2.75) is 13.3 Å². The lowest BCUT2D eigenvalue weighted by Gasteiger charge is -1.98. The van der Waals surface area contributed by atoms with E-state index in [0.29, 0.717) is 13.0 Å². The Hall–Kier alpha value is -1.84. The smallest absolute Gasteiger partial charge is 0.216 e. The minimum atomic E-state index is -0.629. The third kappa shape index (κ3) is 4.13. The van der Waals surface area contributed by atoms with Crippen molar-refractivity contribution in [3.63, 3.8) is 0 Å². The molecule has 0 bridgehead atoms. The van der Waals surface area contributed by atoms with Gasteiger partial charge in [-0.2, -0.15) is 0 Å². The number of aromatic hydroxyl groups is 1. The molecule has 1 rings (SSSR count). The van der Waals surface area contributed by atoms with Crippen LogP contribution in [0.4, 0.5) is 4.39 Å². The van der Waals surface area contributed by atoms with Crippen molar-refractivity contribution in [2.75, 3.05) is 6.54 Å². The van der Waals surface area contributed by atoms with Gasteiger partial charge in [-0.25, -0.2) is 4.39 Å². The van der Waals surface area contributed by atoms with Gasteiger partial charge in [-0.15, -0.1) is 0 Å². The number of hydrogen-bond donors (Lipinski definition) is 2. The third-order valence-corrected chi connectivity index (χ3v) is 1.97. The van der Waals surface area contributed by atoms with Crippen molar-refractivity contribution in [3.8, 4) is 5.75 Å². The van der Waals surface area contributed by atoms with Gasteiger partial charge in [-0.05, 0) is 24.1 Å². The van der Waals surface area contributed by atoms with Crippen molar-refractivity contribution < 1.29 is 14.3 Å². The van der Waals surface area contributed by atoms with Crippen LogP contribution < -0.4 is 5.32 Å². The van der Waals surface area contributed by atoms with E-state index in [2.05, 4.69) is 5.32 Å². The number of hydrogen-bond acceptors (Lipinski definition) is 2. The maximum atomic E-state index is 12.7. The van der Waals surface area contributed by atoms with Gasteiger partial charge >= 0.3 is 0 Å². The molecule has 0 saturated heterocycles. The predicted molar refractivity (Wildman–Crippen MR) is 60.4 cm³/mol. The van der Waals surface area contributed by atoms with Crippen LogP contribution in [0.15, 0.2) is 24.3 Å². The highest BCUT2D eigenvalue weighted by molar-refractivity contribution is 5.72. The third-order valence-electron chi connectivity index (χ3n) is 1.97. The van der Waals surface area contributed by atoms with Gasteiger partial charge in [0.2, 0.25) is 5.91 Å². The molecule has 3 nitrogen and oxygen atoms in total. The van der Waals surface area contributed by atoms with Gasteiger partial charge in [-0.3, -0.25) is 4.79 Å². The molecule has 0 heterocycles. The summed E-state index contributed by atoms with van der Waals surface area (Å²) in [6.07, 6.45) is 4.31. The summed E-state index contributed by atoms with van der Waals surface area (Å²) in [6.45, 7) is 2.03. The van der Waals surface area contributed by atoms with E-state index in [1.54, 1.807) is 12.1 Å². The zero-order chi connectivity index (χ0) is 12.0. The molecule has 16 heavy (non-hydrogen) atoms. The van der Waals surface area contributed by atoms with Gasteiger partial charge in [-0.1, -0.05) is 18.2 Å². The predicted octanol–water partition coefficient (Wildman–Crippen LogP) is 2.07. The Morgan fingerprint density at radius 3 is 2.94 bits per heavy atom. The molecule has 0 atom stereocenters. The fourth-order valence-corrected chi connectivity index (χ4v) is 1.18. The number of carbonyl (C=O) groups is 1. The Morgan fingerprint density at radius 2 is 2.31 bits per heavy atom. The Labute approximate surface area is 93.6 Å². The number of phenolic OH excluding ortho intramolecular Hbond substituents is 1. The van der Waals surface area contributed by atoms with Crippen LogP contribution in [0.25, 0.3) is 6.08 Å². The minimum absolute atomic E-state index is 0.0622. The number of phenols is 1. The SMILES string of the molecule is CC(=O)NCCC=Cc1ccc(F)c(O)c1. The molecular weight excluding hydrogens is 209 g/mol. The fourth-order valence-electron chi connectivity index (χ4n) is 1.18. The van der Waals surface area contributed by atoms with Crippen molar-refractivity contribution in [2.24, 2.45) is 0 Å². The lowest BCUT2D eigenvalue weighted by Crippen LogP contribution is -2.20. The first-order valence-electron chi connectivity index (χ1n) is 4.99. The van der Waals surface area contributed by atoms with Gasteiger partial charge in [0.15, 0.2) is 11.6 Å². The second-order valence-corrected chi connectivity index (χ2v) is 3.38. The van der Waals surface area contributed by atoms with Gasteiger partial charge in [0.25, 0.3) is 0 Å². The van der Waals surface area contributed by atoms with E-state index in [1.807, 2.05) is 6.08 Å². The van der Waals surface area contributed by atoms with Gasteiger partial charge in [0, 0.05) is 13.5 Å². The summed E-state index contributed by atoms with van der Waals surface area (Å²) in [4.78, 5) is 10.5. The fraction of sp³-hybridized carbons (Fsp3) is 0.250. The zero-order valence-corrected chi connectivity index (χ0v) is 9.03. The Morgan fingerprint density at radius 1 is 1.56 bits per heavy atom. The van der Waals surface area contributed by atoms with Crippen LogP contribution in [0.2, 0.25) is 0 Å². The molecule has 86 valence electrons. The highest BCUT2D eigenvalue weighted by Crippen LogP contribution is 2.17. The van der Waals surface area contributed by atoms with Crippen LogP contribution in [0.3, 0.4) is 0 Å². The number of amides is 1. The van der Waals surface area contributed by atoms with Crippen LogP contribution in [0.1, 0.15) is 18.9 Å². The summed E-state index contributed by atoms with van der Waals surface area (Å²) in [7, 11) is 0. The zero-order valence-electron chi connectivity index (χ0n) is 9.03. The second kappa shape index (κ2) is 5.90. The average molecular weight is 223 g/mol. The molecule has 1 aromatic carbocycles. The topological polar surface area (TPSA) is 49.3 Å². The molecular formula is C12H14FNO2. The maximum Gasteiger partial charge on any atom is 0.216 e. The standard InChI is InChI=1S/C12H14FNO2/c1-9(15)14-7-3-2-4-10-5-6-11(13)12(16)8-10/h2,4-6,8,16H,3,7H2,1H3,(H,14,15). The normalized spacial score (nSPS) is 10.6. The highest BCUT2D eigenvalue weighted by atomic mass is 19.1. The molecule has 0 aliphatic rings. The summed E-state index contributed by atoms with van der Waals surface area (Å²) in [5.41, 5.74) is 0.724. The molecule has 0 radical (unpaired) electrons. The first-order chi connectivity index (χ1) is 7.59. The first-order valence-corrected chi connectivity index (χ1v) is 4.99. The monoisotopic (exact) mass is 223 g/mol. The molecule has 0 saturated carbocycles. The Bertz CT molecular complexity index is 402. The van der Waals surface area contributed by atoms with E-state index in [9.17, 15) is 9.18 Å². The van der Waals surface area contributed by atoms with Crippen molar-refractivity contribution in [3.05, 3.63) is 35.7 Å². The Kier molecular flexibility index (Phi) is 4.51. The summed E-state index contributed by atoms with van der Waals surface area (Å²) in [5, 5.41) is 11.8. The Balaban J connectivity index is 2.44. The molecule has 2 N–H and O–H groups in total.